The summed E-state index contributed by atoms with van der Waals surface area (Å²) in [6.45, 7) is 5.21. The largest absolute Gasteiger partial charge is 0.368 e. The van der Waals surface area contributed by atoms with Gasteiger partial charge in [0, 0.05) is 56.4 Å². The van der Waals surface area contributed by atoms with E-state index in [0.29, 0.717) is 16.6 Å². The van der Waals surface area contributed by atoms with E-state index in [4.69, 9.17) is 11.6 Å². The molecule has 0 spiro atoms. The lowest BCUT2D eigenvalue weighted by molar-refractivity contribution is -0.118. The number of amides is 2. The zero-order valence-corrected chi connectivity index (χ0v) is 20.5. The van der Waals surface area contributed by atoms with Gasteiger partial charge < -0.3 is 15.5 Å². The van der Waals surface area contributed by atoms with Crippen molar-refractivity contribution in [1.82, 2.24) is 10.2 Å². The molecule has 2 amide bonds. The van der Waals surface area contributed by atoms with E-state index in [1.165, 1.54) is 5.56 Å². The highest BCUT2D eigenvalue weighted by molar-refractivity contribution is 6.33. The van der Waals surface area contributed by atoms with Crippen molar-refractivity contribution in [2.75, 3.05) is 42.9 Å². The van der Waals surface area contributed by atoms with Crippen LogP contribution in [0.5, 0.6) is 0 Å². The summed E-state index contributed by atoms with van der Waals surface area (Å²) in [5, 5.41) is 6.74. The number of piperazine rings is 1. The molecule has 0 radical (unpaired) electrons. The summed E-state index contributed by atoms with van der Waals surface area (Å²) < 4.78 is 0. The maximum atomic E-state index is 12.6. The maximum Gasteiger partial charge on any atom is 0.251 e. The number of aliphatic imine (C=N–C) groups is 1. The third-order valence-electron chi connectivity index (χ3n) is 7.44. The Hall–Kier alpha value is -2.90. The molecule has 35 heavy (non-hydrogen) atoms. The molecule has 1 aliphatic carbocycles. The molecule has 8 heteroatoms. The minimum absolute atomic E-state index is 0.0434. The molecule has 4 aliphatic rings. The quantitative estimate of drug-likeness (QED) is 0.668. The summed E-state index contributed by atoms with van der Waals surface area (Å²) in [5.41, 5.74) is 5.72. The van der Waals surface area contributed by atoms with Crippen LogP contribution >= 0.6 is 11.6 Å². The third kappa shape index (κ3) is 4.67. The van der Waals surface area contributed by atoms with E-state index in [0.717, 1.165) is 87.6 Å². The predicted octanol–water partition coefficient (Wildman–Crippen LogP) is 3.71. The number of nitrogens with one attached hydrogen (secondary N) is 2. The number of hydrogen-bond acceptors (Lipinski definition) is 5. The zero-order valence-electron chi connectivity index (χ0n) is 19.7. The fraction of sp³-hybridized carbons (Fsp3) is 0.444. The van der Waals surface area contributed by atoms with Gasteiger partial charge in [-0.2, -0.15) is 0 Å². The molecular weight excluding hydrogens is 462 g/mol. The van der Waals surface area contributed by atoms with Crippen molar-refractivity contribution in [2.45, 2.75) is 38.3 Å². The molecular formula is C27H30ClN5O2. The summed E-state index contributed by atoms with van der Waals surface area (Å²) >= 11 is 6.57. The second-order valence-corrected chi connectivity index (χ2v) is 10.4. The lowest BCUT2D eigenvalue weighted by Crippen LogP contribution is -2.46. The van der Waals surface area contributed by atoms with Gasteiger partial charge in [0.05, 0.1) is 28.0 Å². The lowest BCUT2D eigenvalue weighted by Gasteiger charge is -2.36. The van der Waals surface area contributed by atoms with Crippen molar-refractivity contribution >= 4 is 40.5 Å². The van der Waals surface area contributed by atoms with E-state index >= 15 is 0 Å². The maximum absolute atomic E-state index is 12.6. The van der Waals surface area contributed by atoms with E-state index in [1.807, 2.05) is 12.1 Å². The molecule has 1 atom stereocenters. The van der Waals surface area contributed by atoms with E-state index in [1.54, 1.807) is 6.07 Å². The fourth-order valence-corrected chi connectivity index (χ4v) is 5.61. The topological polar surface area (TPSA) is 77.0 Å². The van der Waals surface area contributed by atoms with E-state index in [2.05, 4.69) is 43.6 Å². The van der Waals surface area contributed by atoms with Crippen molar-refractivity contribution in [1.29, 1.82) is 0 Å². The highest BCUT2D eigenvalue weighted by atomic mass is 35.5. The molecule has 2 fully saturated rings. The monoisotopic (exact) mass is 491 g/mol. The van der Waals surface area contributed by atoms with Crippen molar-refractivity contribution < 1.29 is 9.59 Å². The SMILES string of the molecule is O=C(NC1CC1)c1ccc(N2CCN(Cc3ccc4c(c3)NC(=O)C3CCCN=C43)CC2)c(Cl)c1. The average Bonchev–Trinajstić information content (AvgIpc) is 3.69. The second kappa shape index (κ2) is 9.28. The number of benzene rings is 2. The third-order valence-corrected chi connectivity index (χ3v) is 7.74. The first-order chi connectivity index (χ1) is 17.0. The molecule has 182 valence electrons. The summed E-state index contributed by atoms with van der Waals surface area (Å²) in [5.74, 6) is -0.0589. The highest BCUT2D eigenvalue weighted by Crippen LogP contribution is 2.32. The molecule has 0 aromatic heterocycles. The Balaban J connectivity index is 1.08. The molecule has 3 heterocycles. The minimum atomic E-state index is -0.0938. The molecule has 1 saturated carbocycles. The van der Waals surface area contributed by atoms with Crippen LogP contribution in [0.25, 0.3) is 0 Å². The van der Waals surface area contributed by atoms with Crippen molar-refractivity contribution in [2.24, 2.45) is 10.9 Å². The van der Waals surface area contributed by atoms with Crippen LogP contribution in [0.4, 0.5) is 11.4 Å². The predicted molar refractivity (Wildman–Crippen MR) is 139 cm³/mol. The first kappa shape index (κ1) is 22.6. The number of anilines is 2. The van der Waals surface area contributed by atoms with Crippen LogP contribution in [-0.4, -0.2) is 61.2 Å². The molecule has 6 rings (SSSR count). The normalized spacial score (nSPS) is 22.1. The lowest BCUT2D eigenvalue weighted by atomic mass is 9.85. The van der Waals surface area contributed by atoms with Crippen LogP contribution in [0.15, 0.2) is 41.4 Å². The van der Waals surface area contributed by atoms with Crippen molar-refractivity contribution in [3.05, 3.63) is 58.1 Å². The minimum Gasteiger partial charge on any atom is -0.368 e. The van der Waals surface area contributed by atoms with Gasteiger partial charge >= 0.3 is 0 Å². The van der Waals surface area contributed by atoms with Gasteiger partial charge in [0.15, 0.2) is 0 Å². The second-order valence-electron chi connectivity index (χ2n) is 10.0. The summed E-state index contributed by atoms with van der Waals surface area (Å²) in [4.78, 5) is 34.3. The Labute approximate surface area is 210 Å². The van der Waals surface area contributed by atoms with E-state index in [-0.39, 0.29) is 17.7 Å². The van der Waals surface area contributed by atoms with Gasteiger partial charge in [0.25, 0.3) is 5.91 Å². The Kier molecular flexibility index (Phi) is 5.98. The molecule has 7 nitrogen and oxygen atoms in total. The van der Waals surface area contributed by atoms with Gasteiger partial charge in [-0.3, -0.25) is 19.5 Å². The van der Waals surface area contributed by atoms with Crippen LogP contribution in [0, 0.1) is 5.92 Å². The number of carbonyl (C=O) groups is 2. The van der Waals surface area contributed by atoms with Crippen LogP contribution in [0.3, 0.4) is 0 Å². The van der Waals surface area contributed by atoms with Gasteiger partial charge in [-0.1, -0.05) is 23.7 Å². The molecule has 0 bridgehead atoms. The Morgan fingerprint density at radius 2 is 1.91 bits per heavy atom. The number of rotatable bonds is 5. The molecule has 2 aromatic rings. The Bertz CT molecular complexity index is 1200. The molecule has 2 aromatic carbocycles. The first-order valence-corrected chi connectivity index (χ1v) is 13.0. The van der Waals surface area contributed by atoms with Gasteiger partial charge in [-0.15, -0.1) is 0 Å². The van der Waals surface area contributed by atoms with Crippen LogP contribution in [0.2, 0.25) is 5.02 Å². The van der Waals surface area contributed by atoms with Crippen LogP contribution < -0.4 is 15.5 Å². The zero-order chi connectivity index (χ0) is 23.9. The number of nitrogens with zero attached hydrogens (tertiary/aromatic N) is 3. The highest BCUT2D eigenvalue weighted by Gasteiger charge is 2.33. The van der Waals surface area contributed by atoms with E-state index in [9.17, 15) is 9.59 Å². The van der Waals surface area contributed by atoms with Crippen LogP contribution in [0.1, 0.15) is 47.2 Å². The first-order valence-electron chi connectivity index (χ1n) is 12.6. The smallest absolute Gasteiger partial charge is 0.251 e. The summed E-state index contributed by atoms with van der Waals surface area (Å²) in [6, 6.07) is 12.3. The number of halogens is 1. The molecule has 1 unspecified atom stereocenters. The summed E-state index contributed by atoms with van der Waals surface area (Å²) in [6.07, 6.45) is 4.00. The number of fused-ring (bicyclic) bond motifs is 3. The number of hydrogen-bond donors (Lipinski definition) is 2. The Morgan fingerprint density at radius 1 is 1.09 bits per heavy atom. The Morgan fingerprint density at radius 3 is 2.69 bits per heavy atom. The van der Waals surface area contributed by atoms with Gasteiger partial charge in [-0.25, -0.2) is 0 Å². The molecule has 2 N–H and O–H groups in total. The van der Waals surface area contributed by atoms with Crippen molar-refractivity contribution in [3.63, 3.8) is 0 Å². The average molecular weight is 492 g/mol. The summed E-state index contributed by atoms with van der Waals surface area (Å²) in [7, 11) is 0. The fourth-order valence-electron chi connectivity index (χ4n) is 5.31. The van der Waals surface area contributed by atoms with Crippen molar-refractivity contribution in [3.8, 4) is 0 Å². The molecule has 3 aliphatic heterocycles. The standard InChI is InChI=1S/C27H30ClN5O2/c28-22-15-18(26(34)30-19-5-6-19)4-8-24(22)33-12-10-32(11-13-33)16-17-3-7-20-23(14-17)31-27(35)21-2-1-9-29-25(20)21/h3-4,7-8,14-15,19,21H,1-2,5-6,9-13,16H2,(H,30,34)(H,31,35). The van der Waals surface area contributed by atoms with Gasteiger partial charge in [0.1, 0.15) is 0 Å². The van der Waals surface area contributed by atoms with Gasteiger partial charge in [-0.05, 0) is 55.5 Å². The van der Waals surface area contributed by atoms with E-state index < -0.39 is 0 Å². The van der Waals surface area contributed by atoms with Gasteiger partial charge in [0.2, 0.25) is 5.91 Å². The molecule has 1 saturated heterocycles. The number of carbonyl (C=O) groups excluding carboxylic acids is 2. The van der Waals surface area contributed by atoms with Crippen LogP contribution in [-0.2, 0) is 11.3 Å².